The zero-order valence-electron chi connectivity index (χ0n) is 16.2. The number of aryl methyl sites for hydroxylation is 1. The molecule has 0 unspecified atom stereocenters. The minimum absolute atomic E-state index is 0.0230. The van der Waals surface area contributed by atoms with Gasteiger partial charge in [0.15, 0.2) is 0 Å². The average molecular weight is 377 g/mol. The lowest BCUT2D eigenvalue weighted by atomic mass is 10.0. The van der Waals surface area contributed by atoms with E-state index in [2.05, 4.69) is 15.4 Å². The van der Waals surface area contributed by atoms with E-state index in [1.54, 1.807) is 27.4 Å². The van der Waals surface area contributed by atoms with Crippen LogP contribution in [0.5, 0.6) is 0 Å². The van der Waals surface area contributed by atoms with Crippen molar-refractivity contribution in [3.63, 3.8) is 0 Å². The van der Waals surface area contributed by atoms with Crippen molar-refractivity contribution in [1.82, 2.24) is 29.5 Å². The van der Waals surface area contributed by atoms with Crippen LogP contribution >= 0.6 is 0 Å². The van der Waals surface area contributed by atoms with Crippen LogP contribution in [0.1, 0.15) is 13.3 Å². The Kier molecular flexibility index (Phi) is 4.46. The van der Waals surface area contributed by atoms with Crippen LogP contribution in [0.25, 0.3) is 22.2 Å². The molecule has 0 bridgehead atoms. The van der Waals surface area contributed by atoms with Crippen molar-refractivity contribution in [2.75, 3.05) is 20.1 Å². The molecule has 144 valence electrons. The number of aromatic nitrogens is 4. The van der Waals surface area contributed by atoms with Gasteiger partial charge in [0.25, 0.3) is 0 Å². The normalized spacial score (nSPS) is 14.6. The van der Waals surface area contributed by atoms with E-state index < -0.39 is 0 Å². The van der Waals surface area contributed by atoms with E-state index in [0.717, 1.165) is 33.4 Å². The second-order valence-electron chi connectivity index (χ2n) is 6.97. The molecule has 0 saturated heterocycles. The molecule has 3 heterocycles. The van der Waals surface area contributed by atoms with Gasteiger partial charge in [-0.2, -0.15) is 5.10 Å². The van der Waals surface area contributed by atoms with Crippen LogP contribution in [0.3, 0.4) is 0 Å². The monoisotopic (exact) mass is 377 g/mol. The van der Waals surface area contributed by atoms with E-state index in [0.29, 0.717) is 25.3 Å². The smallest absolute Gasteiger partial charge is 0.219 e. The molecular weight excluding hydrogens is 354 g/mol. The summed E-state index contributed by atoms with van der Waals surface area (Å²) < 4.78 is 3.55. The number of imidazole rings is 1. The third-order valence-corrected chi connectivity index (χ3v) is 5.20. The second-order valence-corrected chi connectivity index (χ2v) is 6.97. The van der Waals surface area contributed by atoms with Crippen molar-refractivity contribution in [3.05, 3.63) is 48.2 Å². The van der Waals surface area contributed by atoms with Crippen LogP contribution in [0.4, 0.5) is 0 Å². The summed E-state index contributed by atoms with van der Waals surface area (Å²) in [6.45, 7) is 2.66. The molecule has 1 aliphatic rings. The molecule has 0 fully saturated rings. The lowest BCUT2D eigenvalue weighted by Gasteiger charge is -2.30. The van der Waals surface area contributed by atoms with Crippen molar-refractivity contribution < 1.29 is 4.79 Å². The molecule has 28 heavy (non-hydrogen) atoms. The summed E-state index contributed by atoms with van der Waals surface area (Å²) in [7, 11) is 3.75. The first-order chi connectivity index (χ1) is 13.5. The molecule has 8 nitrogen and oxygen atoms in total. The minimum Gasteiger partial charge on any atom is -0.391 e. The molecular formula is C20H23N7O. The first kappa shape index (κ1) is 18.0. The quantitative estimate of drug-likeness (QED) is 0.539. The van der Waals surface area contributed by atoms with Crippen LogP contribution in [-0.2, 0) is 11.8 Å². The molecule has 1 amide bonds. The van der Waals surface area contributed by atoms with Gasteiger partial charge in [-0.1, -0.05) is 6.07 Å². The van der Waals surface area contributed by atoms with Gasteiger partial charge in [-0.05, 0) is 17.7 Å². The number of carbonyl (C=O) groups excluding carboxylic acids is 1. The van der Waals surface area contributed by atoms with Gasteiger partial charge in [-0.3, -0.25) is 19.5 Å². The Morgan fingerprint density at radius 3 is 2.79 bits per heavy atom. The largest absolute Gasteiger partial charge is 0.391 e. The predicted octanol–water partition coefficient (Wildman–Crippen LogP) is 1.99. The van der Waals surface area contributed by atoms with Crippen LogP contribution in [0, 0.1) is 5.41 Å². The fourth-order valence-electron chi connectivity index (χ4n) is 3.61. The van der Waals surface area contributed by atoms with Crippen LogP contribution < -0.4 is 5.32 Å². The van der Waals surface area contributed by atoms with E-state index in [-0.39, 0.29) is 5.91 Å². The summed E-state index contributed by atoms with van der Waals surface area (Å²) in [6.07, 6.45) is 6.16. The highest BCUT2D eigenvalue weighted by Gasteiger charge is 2.24. The van der Waals surface area contributed by atoms with E-state index >= 15 is 0 Å². The molecule has 0 spiro atoms. The number of hydrogen-bond donors (Lipinski definition) is 2. The van der Waals surface area contributed by atoms with E-state index in [1.807, 2.05) is 44.7 Å². The Hall–Kier alpha value is -3.42. The molecule has 0 atom stereocenters. The third-order valence-electron chi connectivity index (χ3n) is 5.20. The van der Waals surface area contributed by atoms with Gasteiger partial charge in [0.1, 0.15) is 12.2 Å². The van der Waals surface area contributed by atoms with E-state index in [4.69, 9.17) is 5.41 Å². The molecule has 0 saturated carbocycles. The third kappa shape index (κ3) is 3.06. The maximum atomic E-state index is 11.8. The van der Waals surface area contributed by atoms with Crippen molar-refractivity contribution in [1.29, 1.82) is 5.41 Å². The van der Waals surface area contributed by atoms with Crippen LogP contribution in [0.15, 0.2) is 48.2 Å². The molecule has 3 aromatic rings. The first-order valence-electron chi connectivity index (χ1n) is 9.18. The lowest BCUT2D eigenvalue weighted by molar-refractivity contribution is -0.128. The number of fused-ring (bicyclic) bond motifs is 1. The van der Waals surface area contributed by atoms with Crippen molar-refractivity contribution >= 4 is 22.8 Å². The molecule has 0 aliphatic carbocycles. The predicted molar refractivity (Wildman–Crippen MR) is 108 cm³/mol. The van der Waals surface area contributed by atoms with Crippen molar-refractivity contribution in [3.8, 4) is 11.1 Å². The molecule has 2 aromatic heterocycles. The standard InChI is InChI=1S/C20H23N7O/c1-13(28)26-7-6-17(22-2)16(11-26)20(21)27-12-23-18-5-4-14(8-19(18)27)15-9-24-25(3)10-15/h4-5,8-10,12,21-22H,6-7,11H2,1-3H3. The van der Waals surface area contributed by atoms with Gasteiger partial charge in [-0.25, -0.2) is 4.98 Å². The molecule has 1 aliphatic heterocycles. The van der Waals surface area contributed by atoms with Gasteiger partial charge in [0.05, 0.1) is 23.8 Å². The van der Waals surface area contributed by atoms with Gasteiger partial charge in [-0.15, -0.1) is 0 Å². The van der Waals surface area contributed by atoms with Crippen LogP contribution in [-0.4, -0.2) is 56.1 Å². The lowest BCUT2D eigenvalue weighted by Crippen LogP contribution is -2.40. The zero-order chi connectivity index (χ0) is 19.8. The summed E-state index contributed by atoms with van der Waals surface area (Å²) in [5.74, 6) is 0.357. The summed E-state index contributed by atoms with van der Waals surface area (Å²) in [5, 5.41) is 16.3. The SMILES string of the molecule is CNC1=C(C(=N)n2cnc3ccc(-c4cnn(C)c4)cc32)CN(C(C)=O)CC1. The van der Waals surface area contributed by atoms with Gasteiger partial charge in [0, 0.05) is 57.0 Å². The highest BCUT2D eigenvalue weighted by atomic mass is 16.2. The zero-order valence-corrected chi connectivity index (χ0v) is 16.2. The Morgan fingerprint density at radius 1 is 1.29 bits per heavy atom. The van der Waals surface area contributed by atoms with Gasteiger partial charge < -0.3 is 10.2 Å². The molecule has 8 heteroatoms. The van der Waals surface area contributed by atoms with E-state index in [1.165, 1.54) is 0 Å². The number of amides is 1. The van der Waals surface area contributed by atoms with Gasteiger partial charge >= 0.3 is 0 Å². The maximum Gasteiger partial charge on any atom is 0.219 e. The van der Waals surface area contributed by atoms with Crippen LogP contribution in [0.2, 0.25) is 0 Å². The number of nitrogens with zero attached hydrogens (tertiary/aromatic N) is 5. The number of hydrogen-bond acceptors (Lipinski definition) is 5. The maximum absolute atomic E-state index is 11.8. The molecule has 1 aromatic carbocycles. The summed E-state index contributed by atoms with van der Waals surface area (Å²) in [5.41, 5.74) is 5.52. The highest BCUT2D eigenvalue weighted by Crippen LogP contribution is 2.25. The second kappa shape index (κ2) is 6.95. The minimum atomic E-state index is 0.0230. The molecule has 0 radical (unpaired) electrons. The fraction of sp³-hybridized carbons (Fsp3) is 0.300. The van der Waals surface area contributed by atoms with E-state index in [9.17, 15) is 4.79 Å². The Labute approximate surface area is 163 Å². The van der Waals surface area contributed by atoms with Crippen molar-refractivity contribution in [2.45, 2.75) is 13.3 Å². The Bertz CT molecular complexity index is 1100. The number of rotatable bonds is 3. The van der Waals surface area contributed by atoms with Crippen molar-refractivity contribution in [2.24, 2.45) is 7.05 Å². The summed E-state index contributed by atoms with van der Waals surface area (Å²) >= 11 is 0. The van der Waals surface area contributed by atoms with Gasteiger partial charge in [0.2, 0.25) is 5.91 Å². The number of nitrogens with one attached hydrogen (secondary N) is 2. The topological polar surface area (TPSA) is 91.8 Å². The Morgan fingerprint density at radius 2 is 2.11 bits per heavy atom. The first-order valence-corrected chi connectivity index (χ1v) is 9.18. The molecule has 2 N–H and O–H groups in total. The highest BCUT2D eigenvalue weighted by molar-refractivity contribution is 6.04. The summed E-state index contributed by atoms with van der Waals surface area (Å²) in [6, 6.07) is 5.99. The Balaban J connectivity index is 1.76. The molecule has 4 rings (SSSR count). The number of carbonyl (C=O) groups is 1. The average Bonchev–Trinajstić information content (AvgIpc) is 3.32. The summed E-state index contributed by atoms with van der Waals surface area (Å²) in [4.78, 5) is 18.1. The fourth-order valence-corrected chi connectivity index (χ4v) is 3.61. The number of benzene rings is 1.